The van der Waals surface area contributed by atoms with Crippen LogP contribution in [0.15, 0.2) is 23.1 Å². The van der Waals surface area contributed by atoms with Gasteiger partial charge in [-0.25, -0.2) is 17.5 Å². The number of sulfonamides is 1. The van der Waals surface area contributed by atoms with Crippen molar-refractivity contribution in [3.8, 4) is 0 Å². The van der Waals surface area contributed by atoms with Crippen molar-refractivity contribution in [1.29, 1.82) is 0 Å². The second-order valence-electron chi connectivity index (χ2n) is 4.00. The molecule has 0 heterocycles. The van der Waals surface area contributed by atoms with Crippen LogP contribution in [0, 0.1) is 5.82 Å². The predicted octanol–water partition coefficient (Wildman–Crippen LogP) is 1.11. The van der Waals surface area contributed by atoms with Crippen molar-refractivity contribution in [2.24, 2.45) is 0 Å². The molecule has 1 aromatic carbocycles. The zero-order valence-electron chi connectivity index (χ0n) is 10.3. The Morgan fingerprint density at radius 2 is 2.11 bits per heavy atom. The minimum Gasteiger partial charge on any atom is -0.398 e. The molecule has 3 N–H and O–H groups in total. The Bertz CT molecular complexity index is 503. The predicted molar refractivity (Wildman–Crippen MR) is 67.1 cm³/mol. The summed E-state index contributed by atoms with van der Waals surface area (Å²) in [5.74, 6) is -0.574. The lowest BCUT2D eigenvalue weighted by atomic mass is 10.3. The Balaban J connectivity index is 2.69. The molecule has 1 aromatic rings. The number of nitrogens with one attached hydrogen (secondary N) is 1. The number of ether oxygens (including phenoxy) is 1. The summed E-state index contributed by atoms with van der Waals surface area (Å²) >= 11 is 0. The molecular formula is C11H17FN2O3S. The molecule has 0 aliphatic carbocycles. The molecule has 0 amide bonds. The summed E-state index contributed by atoms with van der Waals surface area (Å²) in [6.45, 7) is 4.11. The summed E-state index contributed by atoms with van der Waals surface area (Å²) in [6, 6.07) is 3.16. The van der Waals surface area contributed by atoms with Crippen molar-refractivity contribution in [2.45, 2.75) is 24.8 Å². The van der Waals surface area contributed by atoms with E-state index in [1.165, 1.54) is 0 Å². The molecule has 0 fully saturated rings. The Hall–Kier alpha value is -1.18. The van der Waals surface area contributed by atoms with Gasteiger partial charge in [0.25, 0.3) is 0 Å². The van der Waals surface area contributed by atoms with Crippen LogP contribution in [0.1, 0.15) is 13.8 Å². The summed E-state index contributed by atoms with van der Waals surface area (Å²) in [5.41, 5.74) is 5.35. The average molecular weight is 276 g/mol. The zero-order chi connectivity index (χ0) is 13.8. The van der Waals surface area contributed by atoms with Crippen LogP contribution in [0.25, 0.3) is 0 Å². The first-order chi connectivity index (χ1) is 8.33. The lowest BCUT2D eigenvalue weighted by molar-refractivity contribution is 0.0834. The maximum Gasteiger partial charge on any atom is 0.242 e. The van der Waals surface area contributed by atoms with Crippen molar-refractivity contribution in [2.75, 3.05) is 18.9 Å². The minimum atomic E-state index is -3.73. The van der Waals surface area contributed by atoms with E-state index >= 15 is 0 Å². The number of anilines is 1. The Labute approximate surface area is 106 Å². The quantitative estimate of drug-likeness (QED) is 0.602. The first kappa shape index (κ1) is 14.9. The lowest BCUT2D eigenvalue weighted by Crippen LogP contribution is -2.28. The third-order valence-electron chi connectivity index (χ3n) is 2.11. The normalized spacial score (nSPS) is 12.0. The molecule has 0 unspecified atom stereocenters. The molecule has 0 aliphatic rings. The van der Waals surface area contributed by atoms with Crippen molar-refractivity contribution >= 4 is 15.7 Å². The van der Waals surface area contributed by atoms with E-state index in [0.29, 0.717) is 0 Å². The molecule has 5 nitrogen and oxygen atoms in total. The van der Waals surface area contributed by atoms with Crippen LogP contribution in [0.3, 0.4) is 0 Å². The molecule has 0 aromatic heterocycles. The number of rotatable bonds is 6. The van der Waals surface area contributed by atoms with Gasteiger partial charge in [0.1, 0.15) is 10.7 Å². The Kier molecular flexibility index (Phi) is 5.06. The second-order valence-corrected chi connectivity index (χ2v) is 5.73. The molecule has 0 radical (unpaired) electrons. The van der Waals surface area contributed by atoms with E-state index in [1.54, 1.807) is 0 Å². The topological polar surface area (TPSA) is 81.4 Å². The highest BCUT2D eigenvalue weighted by atomic mass is 32.2. The van der Waals surface area contributed by atoms with Gasteiger partial charge in [0.15, 0.2) is 0 Å². The number of halogens is 1. The van der Waals surface area contributed by atoms with E-state index in [4.69, 9.17) is 10.5 Å². The van der Waals surface area contributed by atoms with Crippen LogP contribution in [-0.4, -0.2) is 27.7 Å². The zero-order valence-corrected chi connectivity index (χ0v) is 11.1. The first-order valence-corrected chi connectivity index (χ1v) is 6.97. The van der Waals surface area contributed by atoms with Crippen molar-refractivity contribution in [3.05, 3.63) is 24.0 Å². The fraction of sp³-hybridized carbons (Fsp3) is 0.455. The highest BCUT2D eigenvalue weighted by Gasteiger charge is 2.17. The largest absolute Gasteiger partial charge is 0.398 e. The molecule has 1 rings (SSSR count). The summed E-state index contributed by atoms with van der Waals surface area (Å²) in [6.07, 6.45) is 0.0328. The van der Waals surface area contributed by atoms with Crippen LogP contribution in [0.2, 0.25) is 0 Å². The first-order valence-electron chi connectivity index (χ1n) is 5.49. The monoisotopic (exact) mass is 276 g/mol. The number of hydrogen-bond acceptors (Lipinski definition) is 4. The van der Waals surface area contributed by atoms with Crippen LogP contribution in [0.5, 0.6) is 0 Å². The number of hydrogen-bond donors (Lipinski definition) is 2. The van der Waals surface area contributed by atoms with Crippen LogP contribution in [0.4, 0.5) is 10.1 Å². The fourth-order valence-corrected chi connectivity index (χ4v) is 2.44. The van der Waals surface area contributed by atoms with Gasteiger partial charge in [-0.1, -0.05) is 0 Å². The molecule has 18 heavy (non-hydrogen) atoms. The third kappa shape index (κ3) is 4.25. The van der Waals surface area contributed by atoms with Gasteiger partial charge in [-0.2, -0.15) is 0 Å². The van der Waals surface area contributed by atoms with Gasteiger partial charge in [-0.05, 0) is 32.0 Å². The standard InChI is InChI=1S/C11H17FN2O3S/c1-8(2)17-6-5-14-18(15,16)11-4-3-9(12)7-10(11)13/h3-4,7-8,14H,5-6,13H2,1-2H3. The Morgan fingerprint density at radius 3 is 2.67 bits per heavy atom. The molecule has 0 saturated heterocycles. The summed E-state index contributed by atoms with van der Waals surface area (Å²) in [7, 11) is -3.73. The van der Waals surface area contributed by atoms with E-state index in [-0.39, 0.29) is 29.8 Å². The summed E-state index contributed by atoms with van der Waals surface area (Å²) in [5, 5.41) is 0. The van der Waals surface area contributed by atoms with E-state index in [1.807, 2.05) is 13.8 Å². The van der Waals surface area contributed by atoms with E-state index in [2.05, 4.69) is 4.72 Å². The molecule has 0 spiro atoms. The smallest absolute Gasteiger partial charge is 0.242 e. The van der Waals surface area contributed by atoms with Crippen LogP contribution < -0.4 is 10.5 Å². The van der Waals surface area contributed by atoms with Crippen molar-refractivity contribution in [3.63, 3.8) is 0 Å². The molecule has 0 saturated carbocycles. The highest BCUT2D eigenvalue weighted by Crippen LogP contribution is 2.18. The van der Waals surface area contributed by atoms with Gasteiger partial charge in [-0.15, -0.1) is 0 Å². The third-order valence-corrected chi connectivity index (χ3v) is 3.64. The van der Waals surface area contributed by atoms with Crippen molar-refractivity contribution in [1.82, 2.24) is 4.72 Å². The maximum atomic E-state index is 12.8. The molecule has 7 heteroatoms. The average Bonchev–Trinajstić information content (AvgIpc) is 2.23. The van der Waals surface area contributed by atoms with Gasteiger partial charge < -0.3 is 10.5 Å². The van der Waals surface area contributed by atoms with Gasteiger partial charge in [0.05, 0.1) is 18.4 Å². The second kappa shape index (κ2) is 6.12. The highest BCUT2D eigenvalue weighted by molar-refractivity contribution is 7.89. The van der Waals surface area contributed by atoms with Gasteiger partial charge in [0, 0.05) is 6.54 Å². The molecule has 0 bridgehead atoms. The van der Waals surface area contributed by atoms with Gasteiger partial charge >= 0.3 is 0 Å². The molecule has 0 atom stereocenters. The van der Waals surface area contributed by atoms with E-state index in [0.717, 1.165) is 18.2 Å². The van der Waals surface area contributed by atoms with Crippen LogP contribution >= 0.6 is 0 Å². The van der Waals surface area contributed by atoms with Gasteiger partial charge in [-0.3, -0.25) is 0 Å². The minimum absolute atomic E-state index is 0.0328. The van der Waals surface area contributed by atoms with Gasteiger partial charge in [0.2, 0.25) is 10.0 Å². The summed E-state index contributed by atoms with van der Waals surface area (Å²) < 4.78 is 44.0. The van der Waals surface area contributed by atoms with E-state index in [9.17, 15) is 12.8 Å². The maximum absolute atomic E-state index is 12.8. The van der Waals surface area contributed by atoms with Crippen LogP contribution in [-0.2, 0) is 14.8 Å². The number of nitrogens with two attached hydrogens (primary N) is 1. The lowest BCUT2D eigenvalue weighted by Gasteiger charge is -2.10. The van der Waals surface area contributed by atoms with Crippen molar-refractivity contribution < 1.29 is 17.5 Å². The number of nitrogen functional groups attached to an aromatic ring is 1. The molecule has 0 aliphatic heterocycles. The Morgan fingerprint density at radius 1 is 1.44 bits per heavy atom. The molecule has 102 valence electrons. The summed E-state index contributed by atoms with van der Waals surface area (Å²) in [4.78, 5) is -0.131. The fourth-order valence-electron chi connectivity index (χ4n) is 1.31. The molecular weight excluding hydrogens is 259 g/mol. The van der Waals surface area contributed by atoms with E-state index < -0.39 is 15.8 Å². The SMILES string of the molecule is CC(C)OCCNS(=O)(=O)c1ccc(F)cc1N. The number of benzene rings is 1.